The lowest BCUT2D eigenvalue weighted by Gasteiger charge is -2.33. The van der Waals surface area contributed by atoms with Crippen LogP contribution in [0.5, 0.6) is 0 Å². The molecule has 4 rings (SSSR count). The third kappa shape index (κ3) is 4.37. The number of imidazole rings is 1. The summed E-state index contributed by atoms with van der Waals surface area (Å²) in [5.74, 6) is 0.0187. The van der Waals surface area contributed by atoms with Gasteiger partial charge in [-0.3, -0.25) is 9.78 Å². The Labute approximate surface area is 170 Å². The maximum atomic E-state index is 12.8. The smallest absolute Gasteiger partial charge is 0.255 e. The molecule has 0 saturated carbocycles. The maximum absolute atomic E-state index is 12.8. The molecule has 0 unspecified atom stereocenters. The van der Waals surface area contributed by atoms with Crippen LogP contribution in [0.4, 0.5) is 0 Å². The van der Waals surface area contributed by atoms with E-state index in [4.69, 9.17) is 0 Å². The summed E-state index contributed by atoms with van der Waals surface area (Å²) in [6, 6.07) is 5.94. The molecule has 1 amide bonds. The van der Waals surface area contributed by atoms with E-state index >= 15 is 0 Å². The van der Waals surface area contributed by atoms with Crippen molar-refractivity contribution in [3.05, 3.63) is 54.2 Å². The van der Waals surface area contributed by atoms with Gasteiger partial charge in [-0.15, -0.1) is 24.8 Å². The molecule has 1 aliphatic rings. The molecule has 0 radical (unpaired) electrons. The monoisotopic (exact) mass is 408 g/mol. The Morgan fingerprint density at radius 3 is 2.89 bits per heavy atom. The van der Waals surface area contributed by atoms with Gasteiger partial charge in [0.2, 0.25) is 0 Å². The molecule has 1 aliphatic heterocycles. The van der Waals surface area contributed by atoms with Gasteiger partial charge in [0.1, 0.15) is 5.52 Å². The molecule has 0 spiro atoms. The summed E-state index contributed by atoms with van der Waals surface area (Å²) in [4.78, 5) is 27.7. The SMILES string of the molecule is C[C@@H]1CNCCN1C(=O)c1cnc2c(c1)ncn2Cc1cccnc1.Cl.Cl. The Balaban J connectivity index is 0.00000131. The maximum Gasteiger partial charge on any atom is 0.255 e. The highest BCUT2D eigenvalue weighted by Crippen LogP contribution is 2.16. The molecule has 4 heterocycles. The number of piperazine rings is 1. The number of aromatic nitrogens is 4. The Morgan fingerprint density at radius 1 is 1.30 bits per heavy atom. The summed E-state index contributed by atoms with van der Waals surface area (Å²) < 4.78 is 1.97. The lowest BCUT2D eigenvalue weighted by molar-refractivity contribution is 0.0655. The van der Waals surface area contributed by atoms with Crippen molar-refractivity contribution in [2.24, 2.45) is 0 Å². The van der Waals surface area contributed by atoms with Crippen LogP contribution in [0.3, 0.4) is 0 Å². The Hall–Kier alpha value is -2.22. The normalized spacial score (nSPS) is 16.5. The van der Waals surface area contributed by atoms with Crippen molar-refractivity contribution >= 4 is 41.9 Å². The molecule has 3 aromatic rings. The number of carbonyl (C=O) groups is 1. The average molecular weight is 409 g/mol. The van der Waals surface area contributed by atoms with Gasteiger partial charge in [0, 0.05) is 44.3 Å². The molecule has 1 fully saturated rings. The number of carbonyl (C=O) groups excluding carboxylic acids is 1. The van der Waals surface area contributed by atoms with E-state index in [1.807, 2.05) is 33.9 Å². The summed E-state index contributed by atoms with van der Waals surface area (Å²) >= 11 is 0. The largest absolute Gasteiger partial charge is 0.333 e. The van der Waals surface area contributed by atoms with Crippen LogP contribution >= 0.6 is 24.8 Å². The van der Waals surface area contributed by atoms with Crippen molar-refractivity contribution < 1.29 is 4.79 Å². The van der Waals surface area contributed by atoms with Crippen LogP contribution in [0.1, 0.15) is 22.8 Å². The predicted octanol–water partition coefficient (Wildman–Crippen LogP) is 2.15. The summed E-state index contributed by atoms with van der Waals surface area (Å²) in [6.45, 7) is 5.07. The summed E-state index contributed by atoms with van der Waals surface area (Å²) in [7, 11) is 0. The average Bonchev–Trinajstić information content (AvgIpc) is 3.04. The number of fused-ring (bicyclic) bond motifs is 1. The lowest BCUT2D eigenvalue weighted by Crippen LogP contribution is -2.52. The molecule has 1 atom stereocenters. The van der Waals surface area contributed by atoms with Gasteiger partial charge in [0.05, 0.1) is 18.4 Å². The van der Waals surface area contributed by atoms with Crippen molar-refractivity contribution in [1.29, 1.82) is 0 Å². The Bertz CT molecular complexity index is 901. The zero-order chi connectivity index (χ0) is 17.2. The number of nitrogens with one attached hydrogen (secondary N) is 1. The highest BCUT2D eigenvalue weighted by atomic mass is 35.5. The van der Waals surface area contributed by atoms with E-state index in [1.165, 1.54) is 0 Å². The van der Waals surface area contributed by atoms with Gasteiger partial charge in [-0.05, 0) is 24.6 Å². The van der Waals surface area contributed by atoms with Gasteiger partial charge in [-0.2, -0.15) is 0 Å². The molecular formula is C18H22Cl2N6O. The molecule has 1 saturated heterocycles. The summed E-state index contributed by atoms with van der Waals surface area (Å²) in [5.41, 5.74) is 3.18. The molecule has 27 heavy (non-hydrogen) atoms. The third-order valence-electron chi connectivity index (χ3n) is 4.54. The second-order valence-corrected chi connectivity index (χ2v) is 6.35. The minimum absolute atomic E-state index is 0. The number of halogens is 2. The van der Waals surface area contributed by atoms with Gasteiger partial charge in [-0.25, -0.2) is 9.97 Å². The number of hydrogen-bond donors (Lipinski definition) is 1. The van der Waals surface area contributed by atoms with Gasteiger partial charge in [-0.1, -0.05) is 6.07 Å². The van der Waals surface area contributed by atoms with Crippen LogP contribution in [0, 0.1) is 0 Å². The summed E-state index contributed by atoms with van der Waals surface area (Å²) in [5, 5.41) is 3.30. The van der Waals surface area contributed by atoms with E-state index in [1.54, 1.807) is 18.7 Å². The van der Waals surface area contributed by atoms with Crippen molar-refractivity contribution in [2.45, 2.75) is 19.5 Å². The summed E-state index contributed by atoms with van der Waals surface area (Å²) in [6.07, 6.45) is 6.99. The van der Waals surface area contributed by atoms with E-state index in [0.29, 0.717) is 18.7 Å². The van der Waals surface area contributed by atoms with Crippen LogP contribution < -0.4 is 5.32 Å². The fraction of sp³-hybridized carbons (Fsp3) is 0.333. The van der Waals surface area contributed by atoms with Crippen molar-refractivity contribution in [3.63, 3.8) is 0 Å². The van der Waals surface area contributed by atoms with E-state index < -0.39 is 0 Å². The quantitative estimate of drug-likeness (QED) is 0.718. The van der Waals surface area contributed by atoms with Gasteiger partial charge in [0.15, 0.2) is 5.65 Å². The minimum atomic E-state index is 0. The lowest BCUT2D eigenvalue weighted by atomic mass is 10.1. The Morgan fingerprint density at radius 2 is 2.15 bits per heavy atom. The highest BCUT2D eigenvalue weighted by Gasteiger charge is 2.24. The highest BCUT2D eigenvalue weighted by molar-refractivity contribution is 5.96. The first-order valence-electron chi connectivity index (χ1n) is 8.44. The van der Waals surface area contributed by atoms with Crippen LogP contribution in [0.2, 0.25) is 0 Å². The zero-order valence-electron chi connectivity index (χ0n) is 14.9. The van der Waals surface area contributed by atoms with Crippen LogP contribution in [0.15, 0.2) is 43.1 Å². The molecule has 0 aliphatic carbocycles. The molecule has 1 N–H and O–H groups in total. The molecular weight excluding hydrogens is 387 g/mol. The van der Waals surface area contributed by atoms with Crippen molar-refractivity contribution in [1.82, 2.24) is 29.7 Å². The first-order valence-corrected chi connectivity index (χ1v) is 8.44. The van der Waals surface area contributed by atoms with E-state index in [0.717, 1.165) is 29.8 Å². The van der Waals surface area contributed by atoms with Gasteiger partial charge in [0.25, 0.3) is 5.91 Å². The molecule has 144 valence electrons. The number of amides is 1. The first-order chi connectivity index (χ1) is 12.2. The fourth-order valence-electron chi connectivity index (χ4n) is 3.18. The topological polar surface area (TPSA) is 75.9 Å². The molecule has 0 aromatic carbocycles. The number of hydrogen-bond acceptors (Lipinski definition) is 5. The third-order valence-corrected chi connectivity index (χ3v) is 4.54. The molecule has 0 bridgehead atoms. The predicted molar refractivity (Wildman–Crippen MR) is 109 cm³/mol. The minimum Gasteiger partial charge on any atom is -0.333 e. The van der Waals surface area contributed by atoms with Crippen LogP contribution in [-0.4, -0.2) is 56.0 Å². The number of rotatable bonds is 3. The zero-order valence-corrected chi connectivity index (χ0v) is 16.5. The molecule has 3 aromatic heterocycles. The van der Waals surface area contributed by atoms with Gasteiger partial charge < -0.3 is 14.8 Å². The molecule has 7 nitrogen and oxygen atoms in total. The van der Waals surface area contributed by atoms with Crippen molar-refractivity contribution in [3.8, 4) is 0 Å². The standard InChI is InChI=1S/C18H20N6O.2ClH/c1-13-8-20-5-6-24(13)18(25)15-7-16-17(21-10-15)23(12-22-16)11-14-3-2-4-19-9-14;;/h2-4,7,9-10,12-13,20H,5-6,8,11H2,1H3;2*1H/t13-;;/m1../s1. The van der Waals surface area contributed by atoms with Gasteiger partial charge >= 0.3 is 0 Å². The van der Waals surface area contributed by atoms with Crippen LogP contribution in [-0.2, 0) is 6.54 Å². The van der Waals surface area contributed by atoms with E-state index in [9.17, 15) is 4.79 Å². The van der Waals surface area contributed by atoms with E-state index in [-0.39, 0.29) is 36.8 Å². The van der Waals surface area contributed by atoms with Crippen molar-refractivity contribution in [2.75, 3.05) is 19.6 Å². The second-order valence-electron chi connectivity index (χ2n) is 6.35. The first kappa shape index (κ1) is 21.1. The second kappa shape index (κ2) is 9.12. The Kier molecular flexibility index (Phi) is 7.12. The fourth-order valence-corrected chi connectivity index (χ4v) is 3.18. The number of nitrogens with zero attached hydrogens (tertiary/aromatic N) is 5. The van der Waals surface area contributed by atoms with E-state index in [2.05, 4.69) is 27.2 Å². The molecule has 9 heteroatoms. The van der Waals surface area contributed by atoms with Crippen LogP contribution in [0.25, 0.3) is 11.2 Å². The number of pyridine rings is 2.